The van der Waals surface area contributed by atoms with Crippen LogP contribution in [0.3, 0.4) is 0 Å². The third-order valence-corrected chi connectivity index (χ3v) is 2.74. The molecule has 1 unspecified atom stereocenters. The highest BCUT2D eigenvalue weighted by atomic mass is 127. The average Bonchev–Trinajstić information content (AvgIpc) is 2.32. The number of halogens is 1. The van der Waals surface area contributed by atoms with E-state index in [9.17, 15) is 0 Å². The smallest absolute Gasteiger partial charge is 0.138 e. The van der Waals surface area contributed by atoms with Gasteiger partial charge in [0.2, 0.25) is 0 Å². The molecule has 0 aliphatic rings. The lowest BCUT2D eigenvalue weighted by molar-refractivity contribution is 0.392. The van der Waals surface area contributed by atoms with Gasteiger partial charge in [-0.2, -0.15) is 5.26 Å². The first kappa shape index (κ1) is 9.52. The first-order valence-electron chi connectivity index (χ1n) is 3.60. The highest BCUT2D eigenvalue weighted by molar-refractivity contribution is 14.1. The number of alkyl halides is 1. The predicted octanol–water partition coefficient (Wildman–Crippen LogP) is 2.68. The molecule has 3 nitrogen and oxygen atoms in total. The van der Waals surface area contributed by atoms with Crippen molar-refractivity contribution >= 4 is 22.6 Å². The van der Waals surface area contributed by atoms with E-state index in [1.165, 1.54) is 0 Å². The topological polar surface area (TPSA) is 49.8 Å². The van der Waals surface area contributed by atoms with Crippen molar-refractivity contribution in [3.8, 4) is 6.07 Å². The predicted molar refractivity (Wildman–Crippen MR) is 53.0 cm³/mol. The van der Waals surface area contributed by atoms with E-state index in [4.69, 9.17) is 9.78 Å². The van der Waals surface area contributed by atoms with E-state index in [0.717, 1.165) is 17.0 Å². The molecule has 0 saturated carbocycles. The van der Waals surface area contributed by atoms with Gasteiger partial charge in [-0.15, -0.1) is 0 Å². The van der Waals surface area contributed by atoms with Gasteiger partial charge in [0.05, 0.1) is 22.1 Å². The maximum absolute atomic E-state index is 8.51. The zero-order valence-corrected chi connectivity index (χ0v) is 9.12. The number of rotatable bonds is 2. The molecule has 0 aliphatic heterocycles. The summed E-state index contributed by atoms with van der Waals surface area (Å²) < 4.78 is 5.19. The van der Waals surface area contributed by atoms with Gasteiger partial charge in [0.15, 0.2) is 0 Å². The van der Waals surface area contributed by atoms with Crippen molar-refractivity contribution < 1.29 is 4.52 Å². The molecule has 0 saturated heterocycles. The SMILES string of the molecule is Cc1noc(C)c1C(I)CC#N. The van der Waals surface area contributed by atoms with Gasteiger partial charge in [0.25, 0.3) is 0 Å². The summed E-state index contributed by atoms with van der Waals surface area (Å²) in [7, 11) is 0. The minimum atomic E-state index is 0.193. The monoisotopic (exact) mass is 276 g/mol. The first-order chi connectivity index (χ1) is 5.66. The lowest BCUT2D eigenvalue weighted by Crippen LogP contribution is -1.91. The van der Waals surface area contributed by atoms with Gasteiger partial charge in [-0.3, -0.25) is 0 Å². The Morgan fingerprint density at radius 3 is 2.75 bits per heavy atom. The van der Waals surface area contributed by atoms with Crippen molar-refractivity contribution in [3.63, 3.8) is 0 Å². The Hall–Kier alpha value is -0.570. The van der Waals surface area contributed by atoms with Gasteiger partial charge < -0.3 is 4.52 Å². The second-order valence-electron chi connectivity index (χ2n) is 2.57. The Morgan fingerprint density at radius 2 is 2.33 bits per heavy atom. The number of aryl methyl sites for hydroxylation is 2. The zero-order chi connectivity index (χ0) is 9.14. The molecular weight excluding hydrogens is 267 g/mol. The van der Waals surface area contributed by atoms with Crippen LogP contribution >= 0.6 is 22.6 Å². The van der Waals surface area contributed by atoms with Crippen LogP contribution in [0.1, 0.15) is 27.4 Å². The molecule has 1 atom stereocenters. The fourth-order valence-corrected chi connectivity index (χ4v) is 2.21. The van der Waals surface area contributed by atoms with E-state index in [0.29, 0.717) is 6.42 Å². The largest absolute Gasteiger partial charge is 0.361 e. The summed E-state index contributed by atoms with van der Waals surface area (Å²) in [5.41, 5.74) is 1.96. The van der Waals surface area contributed by atoms with Crippen LogP contribution in [0.2, 0.25) is 0 Å². The van der Waals surface area contributed by atoms with Crippen molar-refractivity contribution in [2.24, 2.45) is 0 Å². The van der Waals surface area contributed by atoms with E-state index in [-0.39, 0.29) is 3.92 Å². The van der Waals surface area contributed by atoms with E-state index < -0.39 is 0 Å². The Kier molecular flexibility index (Phi) is 3.09. The van der Waals surface area contributed by atoms with Crippen LogP contribution in [0.4, 0.5) is 0 Å². The van der Waals surface area contributed by atoms with Crippen LogP contribution in [0.5, 0.6) is 0 Å². The maximum Gasteiger partial charge on any atom is 0.138 e. The quantitative estimate of drug-likeness (QED) is 0.616. The summed E-state index contributed by atoms with van der Waals surface area (Å²) in [6, 6.07) is 2.13. The molecule has 1 heterocycles. The Morgan fingerprint density at radius 1 is 1.67 bits per heavy atom. The molecule has 1 rings (SSSR count). The van der Waals surface area contributed by atoms with Crippen molar-refractivity contribution in [2.45, 2.75) is 24.2 Å². The van der Waals surface area contributed by atoms with Crippen molar-refractivity contribution in [1.29, 1.82) is 5.26 Å². The van der Waals surface area contributed by atoms with Crippen LogP contribution < -0.4 is 0 Å². The standard InChI is InChI=1S/C8H9IN2O/c1-5-8(6(2)12-11-5)7(9)3-4-10/h7H,3H2,1-2H3. The normalized spacial score (nSPS) is 12.5. The third kappa shape index (κ3) is 1.78. The van der Waals surface area contributed by atoms with Gasteiger partial charge in [-0.05, 0) is 13.8 Å². The van der Waals surface area contributed by atoms with Crippen molar-refractivity contribution in [2.75, 3.05) is 0 Å². The van der Waals surface area contributed by atoms with Crippen molar-refractivity contribution in [3.05, 3.63) is 17.0 Å². The Balaban J connectivity index is 2.94. The van der Waals surface area contributed by atoms with Crippen LogP contribution in [0.25, 0.3) is 0 Å². The average molecular weight is 276 g/mol. The number of nitriles is 1. The first-order valence-corrected chi connectivity index (χ1v) is 4.85. The number of hydrogen-bond acceptors (Lipinski definition) is 3. The summed E-state index contributed by atoms with van der Waals surface area (Å²) in [5.74, 6) is 0.821. The molecule has 4 heteroatoms. The highest BCUT2D eigenvalue weighted by Gasteiger charge is 2.16. The van der Waals surface area contributed by atoms with Gasteiger partial charge in [-0.25, -0.2) is 0 Å². The Bertz CT molecular complexity index is 294. The highest BCUT2D eigenvalue weighted by Crippen LogP contribution is 2.31. The minimum Gasteiger partial charge on any atom is -0.361 e. The fraction of sp³-hybridized carbons (Fsp3) is 0.500. The third-order valence-electron chi connectivity index (χ3n) is 1.67. The lowest BCUT2D eigenvalue weighted by Gasteiger charge is -2.02. The summed E-state index contributed by atoms with van der Waals surface area (Å²) in [5, 5.41) is 12.3. The van der Waals surface area contributed by atoms with Crippen LogP contribution in [0.15, 0.2) is 4.52 Å². The number of nitrogens with zero attached hydrogens (tertiary/aromatic N) is 2. The van der Waals surface area contributed by atoms with E-state index in [1.54, 1.807) is 0 Å². The molecule has 0 radical (unpaired) electrons. The van der Waals surface area contributed by atoms with E-state index in [2.05, 4.69) is 33.8 Å². The molecule has 0 amide bonds. The zero-order valence-electron chi connectivity index (χ0n) is 6.97. The molecular formula is C8H9IN2O. The molecule has 0 N–H and O–H groups in total. The van der Waals surface area contributed by atoms with Crippen molar-refractivity contribution in [1.82, 2.24) is 5.16 Å². The summed E-state index contributed by atoms with van der Waals surface area (Å²) in [6.07, 6.45) is 0.503. The molecule has 0 spiro atoms. The second kappa shape index (κ2) is 3.90. The molecule has 0 aromatic carbocycles. The number of hydrogen-bond donors (Lipinski definition) is 0. The maximum atomic E-state index is 8.51. The molecule has 1 aromatic heterocycles. The molecule has 1 aromatic rings. The minimum absolute atomic E-state index is 0.193. The molecule has 64 valence electrons. The summed E-state index contributed by atoms with van der Waals surface area (Å²) in [4.78, 5) is 0. The summed E-state index contributed by atoms with van der Waals surface area (Å²) in [6.45, 7) is 3.77. The van der Waals surface area contributed by atoms with Gasteiger partial charge in [0, 0.05) is 5.56 Å². The van der Waals surface area contributed by atoms with E-state index >= 15 is 0 Å². The molecule has 0 bridgehead atoms. The van der Waals surface area contributed by atoms with Crippen LogP contribution in [-0.4, -0.2) is 5.16 Å². The molecule has 12 heavy (non-hydrogen) atoms. The number of aromatic nitrogens is 1. The second-order valence-corrected chi connectivity index (χ2v) is 4.07. The van der Waals surface area contributed by atoms with E-state index in [1.807, 2.05) is 13.8 Å². The van der Waals surface area contributed by atoms with Crippen LogP contribution in [-0.2, 0) is 0 Å². The van der Waals surface area contributed by atoms with Gasteiger partial charge in [0.1, 0.15) is 5.76 Å². The molecule has 0 aliphatic carbocycles. The van der Waals surface area contributed by atoms with Gasteiger partial charge in [-0.1, -0.05) is 27.7 Å². The Labute approximate surface area is 84.9 Å². The fourth-order valence-electron chi connectivity index (χ4n) is 1.12. The van der Waals surface area contributed by atoms with Crippen LogP contribution in [0, 0.1) is 25.2 Å². The summed E-state index contributed by atoms with van der Waals surface area (Å²) >= 11 is 2.23. The molecule has 0 fully saturated rings. The van der Waals surface area contributed by atoms with Gasteiger partial charge >= 0.3 is 0 Å². The lowest BCUT2D eigenvalue weighted by atomic mass is 10.1.